The van der Waals surface area contributed by atoms with Gasteiger partial charge in [-0.05, 0) is 49.4 Å². The Kier molecular flexibility index (Phi) is 4.12. The van der Waals surface area contributed by atoms with Crippen LogP contribution in [0, 0.1) is 0 Å². The minimum absolute atomic E-state index is 0.124. The predicted molar refractivity (Wildman–Crippen MR) is 90.9 cm³/mol. The van der Waals surface area contributed by atoms with Crippen LogP contribution in [0.15, 0.2) is 42.5 Å². The summed E-state index contributed by atoms with van der Waals surface area (Å²) in [5, 5.41) is 2.82. The number of ether oxygens (including phenoxy) is 2. The van der Waals surface area contributed by atoms with Crippen LogP contribution in [-0.2, 0) is 4.79 Å². The van der Waals surface area contributed by atoms with Crippen molar-refractivity contribution in [1.29, 1.82) is 0 Å². The van der Waals surface area contributed by atoms with E-state index in [4.69, 9.17) is 9.47 Å². The molecule has 3 rings (SSSR count). The van der Waals surface area contributed by atoms with E-state index in [1.807, 2.05) is 0 Å². The van der Waals surface area contributed by atoms with Crippen LogP contribution in [0.25, 0.3) is 0 Å². The highest BCUT2D eigenvalue weighted by molar-refractivity contribution is 6.05. The second kappa shape index (κ2) is 6.23. The molecule has 0 fully saturated rings. The first-order valence-corrected chi connectivity index (χ1v) is 7.53. The lowest BCUT2D eigenvalue weighted by molar-refractivity contribution is -0.125. The van der Waals surface area contributed by atoms with E-state index < -0.39 is 6.10 Å². The van der Waals surface area contributed by atoms with Crippen LogP contribution in [0.2, 0.25) is 0 Å². The molecule has 1 heterocycles. The summed E-state index contributed by atoms with van der Waals surface area (Å²) in [6.07, 6.45) is -0.512. The minimum atomic E-state index is -0.512. The maximum absolute atomic E-state index is 12.3. The number of carbonyl (C=O) groups excluding carboxylic acids is 2. The van der Waals surface area contributed by atoms with Crippen molar-refractivity contribution in [3.05, 3.63) is 48.0 Å². The van der Waals surface area contributed by atoms with Crippen molar-refractivity contribution in [2.45, 2.75) is 13.0 Å². The molecule has 6 nitrogen and oxygen atoms in total. The summed E-state index contributed by atoms with van der Waals surface area (Å²) in [4.78, 5) is 25.9. The number of fused-ring (bicyclic) bond motifs is 1. The average molecular weight is 326 g/mol. The zero-order valence-corrected chi connectivity index (χ0v) is 13.7. The molecule has 0 radical (unpaired) electrons. The minimum Gasteiger partial charge on any atom is -0.497 e. The Labute approximate surface area is 140 Å². The number of anilines is 2. The maximum Gasteiger partial charge on any atom is 0.267 e. The number of nitrogens with zero attached hydrogens (tertiary/aromatic N) is 1. The maximum atomic E-state index is 12.3. The van der Waals surface area contributed by atoms with Gasteiger partial charge in [0.2, 0.25) is 0 Å². The standard InChI is InChI=1S/C18H18N2O4/c1-11-18(22)20(2)15-10-13(6-9-16(15)24-11)19-17(21)12-4-7-14(23-3)8-5-12/h4-11H,1-3H3,(H,19,21). The van der Waals surface area contributed by atoms with Gasteiger partial charge in [0.05, 0.1) is 12.8 Å². The molecule has 2 aromatic rings. The number of benzene rings is 2. The van der Waals surface area contributed by atoms with Gasteiger partial charge in [0.1, 0.15) is 11.5 Å². The van der Waals surface area contributed by atoms with Crippen molar-refractivity contribution in [3.63, 3.8) is 0 Å². The largest absolute Gasteiger partial charge is 0.497 e. The molecule has 1 N–H and O–H groups in total. The summed E-state index contributed by atoms with van der Waals surface area (Å²) in [6.45, 7) is 1.71. The number of hydrogen-bond donors (Lipinski definition) is 1. The van der Waals surface area contributed by atoms with E-state index in [0.29, 0.717) is 28.4 Å². The summed E-state index contributed by atoms with van der Waals surface area (Å²) in [5.74, 6) is 0.941. The van der Waals surface area contributed by atoms with E-state index in [1.54, 1.807) is 63.5 Å². The number of hydrogen-bond acceptors (Lipinski definition) is 4. The lowest BCUT2D eigenvalue weighted by atomic mass is 10.1. The first-order chi connectivity index (χ1) is 11.5. The molecule has 0 saturated carbocycles. The summed E-state index contributed by atoms with van der Waals surface area (Å²) in [5.41, 5.74) is 1.74. The van der Waals surface area contributed by atoms with Crippen molar-refractivity contribution in [2.24, 2.45) is 0 Å². The normalized spacial score (nSPS) is 16.2. The third kappa shape index (κ3) is 2.90. The van der Waals surface area contributed by atoms with Gasteiger partial charge < -0.3 is 19.7 Å². The third-order valence-corrected chi connectivity index (χ3v) is 3.91. The van der Waals surface area contributed by atoms with Gasteiger partial charge in [-0.25, -0.2) is 0 Å². The first-order valence-electron chi connectivity index (χ1n) is 7.53. The molecule has 124 valence electrons. The second-order valence-corrected chi connectivity index (χ2v) is 5.52. The van der Waals surface area contributed by atoms with Crippen molar-refractivity contribution in [3.8, 4) is 11.5 Å². The quantitative estimate of drug-likeness (QED) is 0.941. The van der Waals surface area contributed by atoms with Crippen molar-refractivity contribution < 1.29 is 19.1 Å². The molecule has 0 aromatic heterocycles. The summed E-state index contributed by atoms with van der Waals surface area (Å²) in [6, 6.07) is 12.0. The molecule has 1 aliphatic heterocycles. The first kappa shape index (κ1) is 15.9. The predicted octanol–water partition coefficient (Wildman–Crippen LogP) is 2.69. The monoisotopic (exact) mass is 326 g/mol. The number of likely N-dealkylation sites (N-methyl/N-ethyl adjacent to an activating group) is 1. The molecule has 1 atom stereocenters. The van der Waals surface area contributed by atoms with Crippen molar-refractivity contribution >= 4 is 23.2 Å². The molecular formula is C18H18N2O4. The molecule has 1 aliphatic rings. The fraction of sp³-hybridized carbons (Fsp3) is 0.222. The topological polar surface area (TPSA) is 67.9 Å². The highest BCUT2D eigenvalue weighted by Crippen LogP contribution is 2.35. The van der Waals surface area contributed by atoms with E-state index in [1.165, 1.54) is 4.90 Å². The number of carbonyl (C=O) groups is 2. The fourth-order valence-electron chi connectivity index (χ4n) is 2.53. The smallest absolute Gasteiger partial charge is 0.267 e. The lowest BCUT2D eigenvalue weighted by Crippen LogP contribution is -2.41. The molecular weight excluding hydrogens is 308 g/mol. The van der Waals surface area contributed by atoms with Crippen LogP contribution in [0.4, 0.5) is 11.4 Å². The lowest BCUT2D eigenvalue weighted by Gasteiger charge is -2.30. The zero-order valence-electron chi connectivity index (χ0n) is 13.7. The van der Waals surface area contributed by atoms with Crippen LogP contribution >= 0.6 is 0 Å². The molecule has 2 aromatic carbocycles. The highest BCUT2D eigenvalue weighted by atomic mass is 16.5. The SMILES string of the molecule is COc1ccc(C(=O)Nc2ccc3c(c2)N(C)C(=O)C(C)O3)cc1. The van der Waals surface area contributed by atoms with Crippen LogP contribution < -0.4 is 19.7 Å². The average Bonchev–Trinajstić information content (AvgIpc) is 2.60. The van der Waals surface area contributed by atoms with Gasteiger partial charge in [-0.1, -0.05) is 0 Å². The van der Waals surface area contributed by atoms with Crippen LogP contribution in [0.3, 0.4) is 0 Å². The van der Waals surface area contributed by atoms with Gasteiger partial charge in [-0.2, -0.15) is 0 Å². The van der Waals surface area contributed by atoms with E-state index in [-0.39, 0.29) is 11.8 Å². The number of amides is 2. The summed E-state index contributed by atoms with van der Waals surface area (Å²) < 4.78 is 10.6. The van der Waals surface area contributed by atoms with Crippen molar-refractivity contribution in [1.82, 2.24) is 0 Å². The Morgan fingerprint density at radius 3 is 2.58 bits per heavy atom. The second-order valence-electron chi connectivity index (χ2n) is 5.52. The van der Waals surface area contributed by atoms with Crippen LogP contribution in [0.5, 0.6) is 11.5 Å². The number of nitrogens with one attached hydrogen (secondary N) is 1. The number of rotatable bonds is 3. The molecule has 0 saturated heterocycles. The van der Waals surface area contributed by atoms with Crippen LogP contribution in [-0.4, -0.2) is 32.1 Å². The Balaban J connectivity index is 1.81. The van der Waals surface area contributed by atoms with E-state index in [0.717, 1.165) is 0 Å². The molecule has 0 aliphatic carbocycles. The molecule has 0 bridgehead atoms. The van der Waals surface area contributed by atoms with Gasteiger partial charge in [-0.15, -0.1) is 0 Å². The highest BCUT2D eigenvalue weighted by Gasteiger charge is 2.29. The molecule has 1 unspecified atom stereocenters. The molecule has 24 heavy (non-hydrogen) atoms. The number of methoxy groups -OCH3 is 1. The molecule has 0 spiro atoms. The molecule has 2 amide bonds. The Morgan fingerprint density at radius 1 is 1.21 bits per heavy atom. The molecule has 6 heteroatoms. The van der Waals surface area contributed by atoms with Crippen molar-refractivity contribution in [2.75, 3.05) is 24.4 Å². The van der Waals surface area contributed by atoms with Gasteiger partial charge in [0, 0.05) is 18.3 Å². The third-order valence-electron chi connectivity index (χ3n) is 3.91. The Bertz CT molecular complexity index is 786. The van der Waals surface area contributed by atoms with Gasteiger partial charge in [0.15, 0.2) is 6.10 Å². The van der Waals surface area contributed by atoms with Crippen LogP contribution in [0.1, 0.15) is 17.3 Å². The fourth-order valence-corrected chi connectivity index (χ4v) is 2.53. The summed E-state index contributed by atoms with van der Waals surface area (Å²) >= 11 is 0. The van der Waals surface area contributed by atoms with Gasteiger partial charge in [-0.3, -0.25) is 9.59 Å². The van der Waals surface area contributed by atoms with E-state index in [9.17, 15) is 9.59 Å². The van der Waals surface area contributed by atoms with Gasteiger partial charge >= 0.3 is 0 Å². The Morgan fingerprint density at radius 2 is 1.92 bits per heavy atom. The zero-order chi connectivity index (χ0) is 17.3. The Hall–Kier alpha value is -3.02. The summed E-state index contributed by atoms with van der Waals surface area (Å²) in [7, 11) is 3.26. The van der Waals surface area contributed by atoms with E-state index >= 15 is 0 Å². The van der Waals surface area contributed by atoms with Gasteiger partial charge in [0.25, 0.3) is 11.8 Å². The van der Waals surface area contributed by atoms with E-state index in [2.05, 4.69) is 5.32 Å².